The van der Waals surface area contributed by atoms with Crippen molar-refractivity contribution >= 4 is 5.96 Å². The summed E-state index contributed by atoms with van der Waals surface area (Å²) in [4.78, 5) is 4.20. The second-order valence-corrected chi connectivity index (χ2v) is 4.59. The van der Waals surface area contributed by atoms with Crippen molar-refractivity contribution in [2.24, 2.45) is 4.99 Å². The molecule has 0 aromatic heterocycles. The highest BCUT2D eigenvalue weighted by atomic mass is 16.5. The van der Waals surface area contributed by atoms with E-state index < -0.39 is 0 Å². The van der Waals surface area contributed by atoms with Crippen LogP contribution in [0.2, 0.25) is 0 Å². The van der Waals surface area contributed by atoms with Crippen LogP contribution in [0, 0.1) is 0 Å². The maximum atomic E-state index is 5.54. The SMILES string of the molecule is CN=C(NCC1(OC)CCC1)NC1CC1. The number of aliphatic imine (C=N–C) groups is 1. The number of rotatable bonds is 4. The highest BCUT2D eigenvalue weighted by Gasteiger charge is 2.37. The summed E-state index contributed by atoms with van der Waals surface area (Å²) >= 11 is 0. The molecule has 0 atom stereocenters. The number of hydrogen-bond donors (Lipinski definition) is 2. The number of ether oxygens (including phenoxy) is 1. The van der Waals surface area contributed by atoms with Crippen LogP contribution in [-0.2, 0) is 4.74 Å². The normalized spacial score (nSPS) is 24.5. The molecule has 2 aliphatic carbocycles. The van der Waals surface area contributed by atoms with E-state index in [9.17, 15) is 0 Å². The molecule has 0 radical (unpaired) electrons. The molecule has 4 nitrogen and oxygen atoms in total. The average Bonchev–Trinajstić information content (AvgIpc) is 2.99. The average molecular weight is 211 g/mol. The largest absolute Gasteiger partial charge is 0.376 e. The quantitative estimate of drug-likeness (QED) is 0.536. The van der Waals surface area contributed by atoms with Crippen LogP contribution in [0.5, 0.6) is 0 Å². The van der Waals surface area contributed by atoms with E-state index in [1.807, 2.05) is 7.05 Å². The van der Waals surface area contributed by atoms with Crippen molar-refractivity contribution in [3.8, 4) is 0 Å². The van der Waals surface area contributed by atoms with E-state index in [2.05, 4.69) is 15.6 Å². The van der Waals surface area contributed by atoms with Crippen LogP contribution in [0.1, 0.15) is 32.1 Å². The zero-order valence-electron chi connectivity index (χ0n) is 9.68. The summed E-state index contributed by atoms with van der Waals surface area (Å²) in [7, 11) is 3.62. The van der Waals surface area contributed by atoms with Gasteiger partial charge in [0.1, 0.15) is 0 Å². The Morgan fingerprint density at radius 1 is 1.47 bits per heavy atom. The monoisotopic (exact) mass is 211 g/mol. The third-order valence-electron chi connectivity index (χ3n) is 3.42. The molecule has 0 spiro atoms. The smallest absolute Gasteiger partial charge is 0.191 e. The minimum atomic E-state index is 0.0706. The van der Waals surface area contributed by atoms with Crippen LogP contribution in [0.3, 0.4) is 0 Å². The first-order chi connectivity index (χ1) is 7.28. The molecule has 0 unspecified atom stereocenters. The Bertz CT molecular complexity index is 239. The zero-order chi connectivity index (χ0) is 10.7. The Labute approximate surface area is 91.5 Å². The maximum absolute atomic E-state index is 5.54. The molecule has 2 saturated carbocycles. The minimum absolute atomic E-state index is 0.0706. The molecule has 86 valence electrons. The third kappa shape index (κ3) is 2.62. The fraction of sp³-hybridized carbons (Fsp3) is 0.909. The molecule has 2 rings (SSSR count). The van der Waals surface area contributed by atoms with Gasteiger partial charge in [0.2, 0.25) is 0 Å². The Kier molecular flexibility index (Phi) is 3.14. The molecule has 0 aromatic rings. The molecule has 2 N–H and O–H groups in total. The molecule has 2 aliphatic rings. The van der Waals surface area contributed by atoms with Crippen LogP contribution in [0.4, 0.5) is 0 Å². The van der Waals surface area contributed by atoms with Crippen molar-refractivity contribution in [3.63, 3.8) is 0 Å². The molecule has 0 bridgehead atoms. The molecular formula is C11H21N3O. The first-order valence-corrected chi connectivity index (χ1v) is 5.80. The van der Waals surface area contributed by atoms with Gasteiger partial charge in [-0.15, -0.1) is 0 Å². The Morgan fingerprint density at radius 2 is 2.20 bits per heavy atom. The Morgan fingerprint density at radius 3 is 2.60 bits per heavy atom. The van der Waals surface area contributed by atoms with E-state index >= 15 is 0 Å². The van der Waals surface area contributed by atoms with Gasteiger partial charge in [0, 0.05) is 26.7 Å². The van der Waals surface area contributed by atoms with E-state index in [-0.39, 0.29) is 5.60 Å². The highest BCUT2D eigenvalue weighted by Crippen LogP contribution is 2.34. The van der Waals surface area contributed by atoms with Crippen molar-refractivity contribution < 1.29 is 4.74 Å². The van der Waals surface area contributed by atoms with Gasteiger partial charge in [-0.2, -0.15) is 0 Å². The molecule has 0 amide bonds. The van der Waals surface area contributed by atoms with E-state index in [0.717, 1.165) is 25.3 Å². The topological polar surface area (TPSA) is 45.7 Å². The van der Waals surface area contributed by atoms with Gasteiger partial charge in [0.05, 0.1) is 5.60 Å². The lowest BCUT2D eigenvalue weighted by atomic mass is 9.80. The lowest BCUT2D eigenvalue weighted by Crippen LogP contribution is -2.52. The van der Waals surface area contributed by atoms with Crippen LogP contribution < -0.4 is 10.6 Å². The summed E-state index contributed by atoms with van der Waals surface area (Å²) in [5.41, 5.74) is 0.0706. The van der Waals surface area contributed by atoms with Crippen molar-refractivity contribution in [2.45, 2.75) is 43.7 Å². The third-order valence-corrected chi connectivity index (χ3v) is 3.42. The molecular weight excluding hydrogens is 190 g/mol. The summed E-state index contributed by atoms with van der Waals surface area (Å²) in [6.07, 6.45) is 6.16. The van der Waals surface area contributed by atoms with Crippen LogP contribution in [0.15, 0.2) is 4.99 Å². The van der Waals surface area contributed by atoms with Crippen molar-refractivity contribution in [2.75, 3.05) is 20.7 Å². The summed E-state index contributed by atoms with van der Waals surface area (Å²) in [6, 6.07) is 0.649. The predicted molar refractivity (Wildman–Crippen MR) is 61.1 cm³/mol. The fourth-order valence-corrected chi connectivity index (χ4v) is 1.88. The molecule has 0 aliphatic heterocycles. The maximum Gasteiger partial charge on any atom is 0.191 e. The van der Waals surface area contributed by atoms with E-state index in [1.54, 1.807) is 7.11 Å². The first kappa shape index (κ1) is 10.7. The fourth-order valence-electron chi connectivity index (χ4n) is 1.88. The highest BCUT2D eigenvalue weighted by molar-refractivity contribution is 5.80. The van der Waals surface area contributed by atoms with Crippen LogP contribution >= 0.6 is 0 Å². The lowest BCUT2D eigenvalue weighted by Gasteiger charge is -2.40. The van der Waals surface area contributed by atoms with Gasteiger partial charge < -0.3 is 15.4 Å². The summed E-state index contributed by atoms with van der Waals surface area (Å²) in [6.45, 7) is 0.871. The molecule has 15 heavy (non-hydrogen) atoms. The number of methoxy groups -OCH3 is 1. The van der Waals surface area contributed by atoms with E-state index in [1.165, 1.54) is 19.3 Å². The molecule has 0 heterocycles. The van der Waals surface area contributed by atoms with Crippen molar-refractivity contribution in [1.29, 1.82) is 0 Å². The molecule has 0 aromatic carbocycles. The Hall–Kier alpha value is -0.770. The molecule has 0 saturated heterocycles. The van der Waals surface area contributed by atoms with E-state index in [0.29, 0.717) is 6.04 Å². The van der Waals surface area contributed by atoms with Gasteiger partial charge in [-0.05, 0) is 32.1 Å². The summed E-state index contributed by atoms with van der Waals surface area (Å²) in [5.74, 6) is 0.917. The van der Waals surface area contributed by atoms with Gasteiger partial charge in [0.25, 0.3) is 0 Å². The standard InChI is InChI=1S/C11H21N3O/c1-12-10(14-9-4-5-9)13-8-11(15-2)6-3-7-11/h9H,3-8H2,1-2H3,(H2,12,13,14). The Balaban J connectivity index is 1.74. The minimum Gasteiger partial charge on any atom is -0.376 e. The second kappa shape index (κ2) is 4.39. The van der Waals surface area contributed by atoms with Crippen molar-refractivity contribution in [1.82, 2.24) is 10.6 Å². The van der Waals surface area contributed by atoms with Crippen LogP contribution in [0.25, 0.3) is 0 Å². The number of nitrogens with zero attached hydrogens (tertiary/aromatic N) is 1. The molecule has 4 heteroatoms. The van der Waals surface area contributed by atoms with Gasteiger partial charge in [-0.1, -0.05) is 0 Å². The van der Waals surface area contributed by atoms with Gasteiger partial charge in [0.15, 0.2) is 5.96 Å². The second-order valence-electron chi connectivity index (χ2n) is 4.59. The van der Waals surface area contributed by atoms with Crippen LogP contribution in [-0.4, -0.2) is 38.3 Å². The first-order valence-electron chi connectivity index (χ1n) is 5.80. The summed E-state index contributed by atoms with van der Waals surface area (Å²) < 4.78 is 5.54. The summed E-state index contributed by atoms with van der Waals surface area (Å²) in [5, 5.41) is 6.72. The predicted octanol–water partition coefficient (Wildman–Crippen LogP) is 0.883. The van der Waals surface area contributed by atoms with Gasteiger partial charge in [-0.25, -0.2) is 0 Å². The van der Waals surface area contributed by atoms with Gasteiger partial charge in [-0.3, -0.25) is 4.99 Å². The lowest BCUT2D eigenvalue weighted by molar-refractivity contribution is -0.0666. The van der Waals surface area contributed by atoms with Gasteiger partial charge >= 0.3 is 0 Å². The van der Waals surface area contributed by atoms with E-state index in [4.69, 9.17) is 4.74 Å². The number of nitrogens with one attached hydrogen (secondary N) is 2. The van der Waals surface area contributed by atoms with Crippen molar-refractivity contribution in [3.05, 3.63) is 0 Å². The number of hydrogen-bond acceptors (Lipinski definition) is 2. The zero-order valence-corrected chi connectivity index (χ0v) is 9.68. The number of guanidine groups is 1. The molecule has 2 fully saturated rings.